The van der Waals surface area contributed by atoms with Crippen LogP contribution in [0, 0.1) is 5.41 Å². The van der Waals surface area contributed by atoms with Gasteiger partial charge in [0.15, 0.2) is 5.96 Å². The number of hydrogen-bond acceptors (Lipinski definition) is 3. The molecule has 126 valence electrons. The topological polar surface area (TPSA) is 62.9 Å². The van der Waals surface area contributed by atoms with E-state index in [2.05, 4.69) is 29.1 Å². The van der Waals surface area contributed by atoms with Gasteiger partial charge in [0, 0.05) is 24.1 Å². The van der Waals surface area contributed by atoms with Crippen LogP contribution in [0.1, 0.15) is 52.4 Å². The molecule has 0 bridgehead atoms. The van der Waals surface area contributed by atoms with Crippen molar-refractivity contribution in [2.24, 2.45) is 16.1 Å². The first-order chi connectivity index (χ1) is 10.7. The highest BCUT2D eigenvalue weighted by atomic mass is 16.5. The van der Waals surface area contributed by atoms with E-state index >= 15 is 0 Å². The highest BCUT2D eigenvalue weighted by Crippen LogP contribution is 2.57. The number of likely N-dealkylation sites (N-methyl/N-ethyl adjacent to an activating group) is 1. The zero-order chi connectivity index (χ0) is 15.6. The molecule has 1 heterocycles. The van der Waals surface area contributed by atoms with Crippen LogP contribution in [0.25, 0.3) is 0 Å². The van der Waals surface area contributed by atoms with Crippen LogP contribution in [-0.2, 0) is 4.74 Å². The average Bonchev–Trinajstić information content (AvgIpc) is 2.89. The van der Waals surface area contributed by atoms with Crippen molar-refractivity contribution in [1.29, 1.82) is 0 Å². The number of nitrogens with zero attached hydrogens (tertiary/aromatic N) is 2. The van der Waals surface area contributed by atoms with E-state index in [9.17, 15) is 0 Å². The SMILES string of the molecule is CCOC1CC(NC(N)=NCC2CCCN2CC)C12CCC2. The molecule has 2 aliphatic carbocycles. The van der Waals surface area contributed by atoms with E-state index in [0.717, 1.165) is 26.1 Å². The second kappa shape index (κ2) is 6.75. The summed E-state index contributed by atoms with van der Waals surface area (Å²) >= 11 is 0. The van der Waals surface area contributed by atoms with Gasteiger partial charge in [0.2, 0.25) is 0 Å². The highest BCUT2D eigenvalue weighted by molar-refractivity contribution is 5.78. The van der Waals surface area contributed by atoms with Crippen molar-refractivity contribution in [3.05, 3.63) is 0 Å². The lowest BCUT2D eigenvalue weighted by Gasteiger charge is -2.61. The van der Waals surface area contributed by atoms with E-state index in [1.165, 1.54) is 38.6 Å². The minimum atomic E-state index is 0.346. The van der Waals surface area contributed by atoms with Gasteiger partial charge in [0.1, 0.15) is 0 Å². The molecule has 0 radical (unpaired) electrons. The summed E-state index contributed by atoms with van der Waals surface area (Å²) in [5.74, 6) is 0.633. The molecular formula is C17H32N4O. The average molecular weight is 308 g/mol. The van der Waals surface area contributed by atoms with Crippen LogP contribution >= 0.6 is 0 Å². The van der Waals surface area contributed by atoms with Crippen molar-refractivity contribution >= 4 is 5.96 Å². The van der Waals surface area contributed by atoms with E-state index in [1.54, 1.807) is 0 Å². The molecule has 3 fully saturated rings. The maximum absolute atomic E-state index is 6.15. The summed E-state index contributed by atoms with van der Waals surface area (Å²) in [5.41, 5.74) is 6.49. The summed E-state index contributed by atoms with van der Waals surface area (Å²) in [4.78, 5) is 7.13. The molecule has 0 amide bonds. The molecule has 5 heteroatoms. The largest absolute Gasteiger partial charge is 0.378 e. The van der Waals surface area contributed by atoms with E-state index in [1.807, 2.05) is 0 Å². The molecule has 1 spiro atoms. The van der Waals surface area contributed by atoms with Gasteiger partial charge in [-0.1, -0.05) is 13.3 Å². The first kappa shape index (κ1) is 16.1. The molecule has 1 aliphatic heterocycles. The Hall–Kier alpha value is -0.810. The molecule has 22 heavy (non-hydrogen) atoms. The van der Waals surface area contributed by atoms with Crippen molar-refractivity contribution in [3.8, 4) is 0 Å². The molecule has 1 saturated heterocycles. The fourth-order valence-corrected chi connectivity index (χ4v) is 4.59. The Labute approximate surface area is 134 Å². The fourth-order valence-electron chi connectivity index (χ4n) is 4.59. The summed E-state index contributed by atoms with van der Waals surface area (Å²) in [7, 11) is 0. The van der Waals surface area contributed by atoms with Gasteiger partial charge in [-0.2, -0.15) is 0 Å². The third kappa shape index (κ3) is 2.85. The Bertz CT molecular complexity index is 407. The van der Waals surface area contributed by atoms with E-state index < -0.39 is 0 Å². The van der Waals surface area contributed by atoms with Crippen molar-refractivity contribution in [3.63, 3.8) is 0 Å². The van der Waals surface area contributed by atoms with Crippen molar-refractivity contribution in [2.75, 3.05) is 26.2 Å². The molecule has 0 aromatic heterocycles. The van der Waals surface area contributed by atoms with Crippen LogP contribution in [0.5, 0.6) is 0 Å². The first-order valence-corrected chi connectivity index (χ1v) is 9.11. The second-order valence-corrected chi connectivity index (χ2v) is 7.11. The number of rotatable bonds is 6. The summed E-state index contributed by atoms with van der Waals surface area (Å²) in [6, 6.07) is 1.05. The number of ether oxygens (including phenoxy) is 1. The van der Waals surface area contributed by atoms with Gasteiger partial charge in [0.25, 0.3) is 0 Å². The van der Waals surface area contributed by atoms with Crippen LogP contribution < -0.4 is 11.1 Å². The van der Waals surface area contributed by atoms with E-state index in [0.29, 0.717) is 29.6 Å². The molecule has 3 rings (SSSR count). The lowest BCUT2D eigenvalue weighted by molar-refractivity contribution is -0.168. The number of nitrogens with two attached hydrogens (primary N) is 1. The molecule has 3 N–H and O–H groups in total. The minimum absolute atomic E-state index is 0.346. The summed E-state index contributed by atoms with van der Waals surface area (Å²) in [5, 5.41) is 3.48. The van der Waals surface area contributed by atoms with Gasteiger partial charge in [-0.15, -0.1) is 0 Å². The number of hydrogen-bond donors (Lipinski definition) is 2. The van der Waals surface area contributed by atoms with Gasteiger partial charge in [-0.3, -0.25) is 9.89 Å². The zero-order valence-electron chi connectivity index (χ0n) is 14.2. The van der Waals surface area contributed by atoms with Gasteiger partial charge in [0.05, 0.1) is 12.6 Å². The number of aliphatic imine (C=N–C) groups is 1. The van der Waals surface area contributed by atoms with Crippen LogP contribution in [0.3, 0.4) is 0 Å². The van der Waals surface area contributed by atoms with Crippen molar-refractivity contribution in [1.82, 2.24) is 10.2 Å². The standard InChI is InChI=1S/C17H32N4O/c1-3-21-10-5-7-13(21)12-19-16(18)20-14-11-15(22-4-2)17(14)8-6-9-17/h13-15H,3-12H2,1-2H3,(H3,18,19,20). The Kier molecular flexibility index (Phi) is 4.93. The minimum Gasteiger partial charge on any atom is -0.378 e. The van der Waals surface area contributed by atoms with Crippen LogP contribution in [0.15, 0.2) is 4.99 Å². The van der Waals surface area contributed by atoms with Crippen molar-refractivity contribution in [2.45, 2.75) is 70.6 Å². The van der Waals surface area contributed by atoms with Gasteiger partial charge >= 0.3 is 0 Å². The van der Waals surface area contributed by atoms with Gasteiger partial charge in [-0.05, 0) is 52.1 Å². The normalized spacial score (nSPS) is 34.5. The Morgan fingerprint density at radius 2 is 2.18 bits per heavy atom. The predicted octanol–water partition coefficient (Wildman–Crippen LogP) is 1.72. The fraction of sp³-hybridized carbons (Fsp3) is 0.941. The first-order valence-electron chi connectivity index (χ1n) is 9.11. The molecule has 0 aromatic rings. The quantitative estimate of drug-likeness (QED) is 0.579. The smallest absolute Gasteiger partial charge is 0.188 e. The number of guanidine groups is 1. The molecule has 2 saturated carbocycles. The van der Waals surface area contributed by atoms with Crippen LogP contribution in [0.2, 0.25) is 0 Å². The summed E-state index contributed by atoms with van der Waals surface area (Å²) < 4.78 is 5.89. The van der Waals surface area contributed by atoms with Crippen LogP contribution in [0.4, 0.5) is 0 Å². The van der Waals surface area contributed by atoms with Gasteiger partial charge < -0.3 is 15.8 Å². The summed E-state index contributed by atoms with van der Waals surface area (Å²) in [6.45, 7) is 8.30. The van der Waals surface area contributed by atoms with Gasteiger partial charge in [-0.25, -0.2) is 0 Å². The van der Waals surface area contributed by atoms with E-state index in [-0.39, 0.29) is 0 Å². The molecule has 3 aliphatic rings. The Morgan fingerprint density at radius 1 is 1.36 bits per heavy atom. The third-order valence-corrected chi connectivity index (χ3v) is 6.14. The molecule has 0 aromatic carbocycles. The Morgan fingerprint density at radius 3 is 2.82 bits per heavy atom. The molecule has 3 unspecified atom stereocenters. The third-order valence-electron chi connectivity index (χ3n) is 6.14. The number of likely N-dealkylation sites (tertiary alicyclic amines) is 1. The number of nitrogens with one attached hydrogen (secondary N) is 1. The lowest BCUT2D eigenvalue weighted by Crippen LogP contribution is -2.68. The monoisotopic (exact) mass is 308 g/mol. The molecular weight excluding hydrogens is 276 g/mol. The zero-order valence-corrected chi connectivity index (χ0v) is 14.2. The van der Waals surface area contributed by atoms with E-state index in [4.69, 9.17) is 10.5 Å². The molecule has 5 nitrogen and oxygen atoms in total. The van der Waals surface area contributed by atoms with Crippen LogP contribution in [-0.4, -0.2) is 55.3 Å². The molecule has 3 atom stereocenters. The summed E-state index contributed by atoms with van der Waals surface area (Å²) in [6.07, 6.45) is 7.93. The lowest BCUT2D eigenvalue weighted by atomic mass is 9.51. The second-order valence-electron chi connectivity index (χ2n) is 7.11. The predicted molar refractivity (Wildman–Crippen MR) is 90.0 cm³/mol. The maximum Gasteiger partial charge on any atom is 0.188 e. The highest BCUT2D eigenvalue weighted by Gasteiger charge is 2.59. The maximum atomic E-state index is 6.15. The van der Waals surface area contributed by atoms with Crippen molar-refractivity contribution < 1.29 is 4.74 Å². The Balaban J connectivity index is 1.49.